The van der Waals surface area contributed by atoms with Gasteiger partial charge in [-0.1, -0.05) is 0 Å². The van der Waals surface area contributed by atoms with Gasteiger partial charge in [-0.05, 0) is 31.7 Å². The van der Waals surface area contributed by atoms with Gasteiger partial charge in [-0.2, -0.15) is 0 Å². The predicted octanol–water partition coefficient (Wildman–Crippen LogP) is 2.88. The van der Waals surface area contributed by atoms with Gasteiger partial charge in [-0.25, -0.2) is 4.98 Å². The third-order valence-electron chi connectivity index (χ3n) is 3.31. The lowest BCUT2D eigenvalue weighted by Crippen LogP contribution is -2.08. The molecule has 0 amide bonds. The maximum Gasteiger partial charge on any atom is 0.0997 e. The first-order valence-corrected chi connectivity index (χ1v) is 6.48. The number of aromatic nitrogens is 3. The minimum Gasteiger partial charge on any atom is -0.303 e. The number of hydrogen-bond donors (Lipinski definition) is 0. The van der Waals surface area contributed by atoms with Crippen LogP contribution in [-0.2, 0) is 18.7 Å². The number of hydrogen-bond acceptors (Lipinski definition) is 2. The van der Waals surface area contributed by atoms with Crippen molar-refractivity contribution in [2.75, 3.05) is 0 Å². The molecule has 0 atom stereocenters. The number of halogens is 1. The summed E-state index contributed by atoms with van der Waals surface area (Å²) in [6, 6.07) is 2.01. The van der Waals surface area contributed by atoms with E-state index in [0.717, 1.165) is 24.1 Å². The number of pyridine rings is 1. The van der Waals surface area contributed by atoms with Gasteiger partial charge in [0.25, 0.3) is 0 Å². The molecule has 1 aliphatic carbocycles. The lowest BCUT2D eigenvalue weighted by molar-refractivity contribution is 0.655. The maximum atomic E-state index is 5.96. The van der Waals surface area contributed by atoms with Crippen LogP contribution >= 0.6 is 11.6 Å². The standard InChI is InChI=1S/C13H14ClN3/c14-7-10-8-15-6-5-12(10)17-9-16-11-3-1-2-4-13(11)17/h5-6,8-9H,1-4,7H2. The fraction of sp³-hybridized carbons (Fsp3) is 0.385. The molecule has 0 aromatic carbocycles. The second-order valence-electron chi connectivity index (χ2n) is 4.35. The molecule has 2 aromatic heterocycles. The van der Waals surface area contributed by atoms with E-state index in [-0.39, 0.29) is 0 Å². The zero-order chi connectivity index (χ0) is 11.7. The Morgan fingerprint density at radius 1 is 1.29 bits per heavy atom. The Balaban J connectivity index is 2.12. The van der Waals surface area contributed by atoms with E-state index < -0.39 is 0 Å². The van der Waals surface area contributed by atoms with E-state index in [4.69, 9.17) is 11.6 Å². The first kappa shape index (κ1) is 10.8. The van der Waals surface area contributed by atoms with E-state index in [1.165, 1.54) is 24.2 Å². The largest absolute Gasteiger partial charge is 0.303 e. The third kappa shape index (κ3) is 1.84. The van der Waals surface area contributed by atoms with E-state index in [1.54, 1.807) is 6.20 Å². The molecule has 0 saturated heterocycles. The van der Waals surface area contributed by atoms with Crippen LogP contribution in [0.3, 0.4) is 0 Å². The normalized spacial score (nSPS) is 14.6. The van der Waals surface area contributed by atoms with Gasteiger partial charge in [0.1, 0.15) is 0 Å². The first-order chi connectivity index (χ1) is 8.40. The fourth-order valence-electron chi connectivity index (χ4n) is 2.43. The molecule has 17 heavy (non-hydrogen) atoms. The maximum absolute atomic E-state index is 5.96. The molecule has 1 aliphatic rings. The van der Waals surface area contributed by atoms with Gasteiger partial charge >= 0.3 is 0 Å². The highest BCUT2D eigenvalue weighted by Crippen LogP contribution is 2.24. The number of rotatable bonds is 2. The monoisotopic (exact) mass is 247 g/mol. The molecule has 0 saturated carbocycles. The van der Waals surface area contributed by atoms with Crippen LogP contribution in [0.25, 0.3) is 5.69 Å². The second-order valence-corrected chi connectivity index (χ2v) is 4.62. The van der Waals surface area contributed by atoms with Gasteiger partial charge in [-0.3, -0.25) is 4.98 Å². The van der Waals surface area contributed by atoms with Gasteiger partial charge in [0, 0.05) is 23.7 Å². The van der Waals surface area contributed by atoms with Gasteiger partial charge in [0.2, 0.25) is 0 Å². The van der Waals surface area contributed by atoms with Crippen molar-refractivity contribution in [2.45, 2.75) is 31.6 Å². The second kappa shape index (κ2) is 4.49. The summed E-state index contributed by atoms with van der Waals surface area (Å²) in [6.07, 6.45) is 10.3. The number of imidazole rings is 1. The van der Waals surface area contributed by atoms with E-state index in [0.29, 0.717) is 5.88 Å². The van der Waals surface area contributed by atoms with E-state index >= 15 is 0 Å². The topological polar surface area (TPSA) is 30.7 Å². The number of fused-ring (bicyclic) bond motifs is 1. The van der Waals surface area contributed by atoms with Gasteiger partial charge in [0.15, 0.2) is 0 Å². The Kier molecular flexibility index (Phi) is 2.85. The smallest absolute Gasteiger partial charge is 0.0997 e. The Labute approximate surface area is 105 Å². The van der Waals surface area contributed by atoms with Crippen LogP contribution in [-0.4, -0.2) is 14.5 Å². The molecule has 2 aromatic rings. The lowest BCUT2D eigenvalue weighted by Gasteiger charge is -2.15. The average Bonchev–Trinajstić information content (AvgIpc) is 2.82. The molecule has 2 heterocycles. The Bertz CT molecular complexity index is 533. The molecule has 3 rings (SSSR count). The highest BCUT2D eigenvalue weighted by atomic mass is 35.5. The van der Waals surface area contributed by atoms with Crippen molar-refractivity contribution >= 4 is 11.6 Å². The molecule has 0 spiro atoms. The van der Waals surface area contributed by atoms with E-state index in [1.807, 2.05) is 18.6 Å². The van der Waals surface area contributed by atoms with Crippen LogP contribution in [0, 0.1) is 0 Å². The van der Waals surface area contributed by atoms with Crippen molar-refractivity contribution in [1.29, 1.82) is 0 Å². The van der Waals surface area contributed by atoms with Crippen LogP contribution in [0.4, 0.5) is 0 Å². The van der Waals surface area contributed by atoms with Crippen molar-refractivity contribution in [2.24, 2.45) is 0 Å². The van der Waals surface area contributed by atoms with Crippen LogP contribution in [0.5, 0.6) is 0 Å². The number of nitrogens with zero attached hydrogens (tertiary/aromatic N) is 3. The Morgan fingerprint density at radius 2 is 2.18 bits per heavy atom. The van der Waals surface area contributed by atoms with E-state index in [9.17, 15) is 0 Å². The van der Waals surface area contributed by atoms with E-state index in [2.05, 4.69) is 14.5 Å². The summed E-state index contributed by atoms with van der Waals surface area (Å²) in [4.78, 5) is 8.63. The fourth-order valence-corrected chi connectivity index (χ4v) is 2.64. The predicted molar refractivity (Wildman–Crippen MR) is 67.6 cm³/mol. The summed E-state index contributed by atoms with van der Waals surface area (Å²) in [7, 11) is 0. The van der Waals surface area contributed by atoms with Crippen LogP contribution in [0.15, 0.2) is 24.8 Å². The molecule has 0 bridgehead atoms. The van der Waals surface area contributed by atoms with Gasteiger partial charge in [-0.15, -0.1) is 11.6 Å². The zero-order valence-electron chi connectivity index (χ0n) is 9.56. The average molecular weight is 248 g/mol. The molecular formula is C13H14ClN3. The van der Waals surface area contributed by atoms with Crippen molar-refractivity contribution < 1.29 is 0 Å². The van der Waals surface area contributed by atoms with Crippen LogP contribution in [0.2, 0.25) is 0 Å². The molecule has 3 nitrogen and oxygen atoms in total. The van der Waals surface area contributed by atoms with Crippen molar-refractivity contribution in [3.63, 3.8) is 0 Å². The summed E-state index contributed by atoms with van der Waals surface area (Å²) in [5, 5.41) is 0. The molecule has 0 unspecified atom stereocenters. The highest BCUT2D eigenvalue weighted by molar-refractivity contribution is 6.17. The van der Waals surface area contributed by atoms with Crippen molar-refractivity contribution in [3.8, 4) is 5.69 Å². The molecule has 88 valence electrons. The summed E-state index contributed by atoms with van der Waals surface area (Å²) in [5.74, 6) is 0.482. The minimum absolute atomic E-state index is 0.482. The summed E-state index contributed by atoms with van der Waals surface area (Å²) in [6.45, 7) is 0. The molecular weight excluding hydrogens is 234 g/mol. The zero-order valence-corrected chi connectivity index (χ0v) is 10.3. The third-order valence-corrected chi connectivity index (χ3v) is 3.60. The number of aryl methyl sites for hydroxylation is 1. The lowest BCUT2D eigenvalue weighted by atomic mass is 10.0. The summed E-state index contributed by atoms with van der Waals surface area (Å²) in [5.41, 5.74) is 4.76. The SMILES string of the molecule is ClCc1cnccc1-n1cnc2c1CCCC2. The minimum atomic E-state index is 0.482. The van der Waals surface area contributed by atoms with Crippen molar-refractivity contribution in [3.05, 3.63) is 41.7 Å². The summed E-state index contributed by atoms with van der Waals surface area (Å²) >= 11 is 5.96. The molecule has 0 fully saturated rings. The quantitative estimate of drug-likeness (QED) is 0.764. The number of alkyl halides is 1. The molecule has 0 N–H and O–H groups in total. The Hall–Kier alpha value is -1.35. The van der Waals surface area contributed by atoms with Crippen LogP contribution < -0.4 is 0 Å². The highest BCUT2D eigenvalue weighted by Gasteiger charge is 2.17. The first-order valence-electron chi connectivity index (χ1n) is 5.94. The summed E-state index contributed by atoms with van der Waals surface area (Å²) < 4.78 is 2.17. The Morgan fingerprint density at radius 3 is 3.06 bits per heavy atom. The van der Waals surface area contributed by atoms with Gasteiger partial charge in [0.05, 0.1) is 23.6 Å². The van der Waals surface area contributed by atoms with Crippen molar-refractivity contribution in [1.82, 2.24) is 14.5 Å². The van der Waals surface area contributed by atoms with Crippen LogP contribution in [0.1, 0.15) is 29.8 Å². The van der Waals surface area contributed by atoms with Gasteiger partial charge < -0.3 is 4.57 Å². The molecule has 4 heteroatoms. The molecule has 0 aliphatic heterocycles. The molecule has 0 radical (unpaired) electrons.